The molecule has 0 N–H and O–H groups in total. The fourth-order valence-corrected chi connectivity index (χ4v) is 3.34. The second-order valence-corrected chi connectivity index (χ2v) is 8.03. The molecule has 0 saturated carbocycles. The zero-order valence-corrected chi connectivity index (χ0v) is 20.9. The second kappa shape index (κ2) is 12.0. The fourth-order valence-electron chi connectivity index (χ4n) is 3.34. The first-order chi connectivity index (χ1) is 18.0. The van der Waals surface area contributed by atoms with Gasteiger partial charge in [0.2, 0.25) is 13.6 Å². The number of carbonyl (C=O) groups is 6. The highest BCUT2D eigenvalue weighted by Crippen LogP contribution is 2.32. The molecule has 38 heavy (non-hydrogen) atoms. The van der Waals surface area contributed by atoms with Crippen LogP contribution in [0.3, 0.4) is 0 Å². The van der Waals surface area contributed by atoms with Crippen LogP contribution in [0, 0.1) is 0 Å². The SMILES string of the molecule is CC(=O)OCOC(=O)C(C)Oc1ccc2c(c1)C(=O)c1ccc(OC(C)C(=O)OCOC(C)=O)cc1C2=O. The zero-order valence-electron chi connectivity index (χ0n) is 20.9. The summed E-state index contributed by atoms with van der Waals surface area (Å²) >= 11 is 0. The molecular weight excluding hydrogens is 504 g/mol. The summed E-state index contributed by atoms with van der Waals surface area (Å²) in [5.74, 6) is -3.44. The minimum Gasteiger partial charge on any atom is -0.479 e. The van der Waals surface area contributed by atoms with E-state index in [0.29, 0.717) is 0 Å². The van der Waals surface area contributed by atoms with Gasteiger partial charge in [-0.25, -0.2) is 9.59 Å². The van der Waals surface area contributed by atoms with Crippen LogP contribution in [0.4, 0.5) is 0 Å². The van der Waals surface area contributed by atoms with Crippen LogP contribution >= 0.6 is 0 Å². The van der Waals surface area contributed by atoms with Crippen LogP contribution < -0.4 is 9.47 Å². The van der Waals surface area contributed by atoms with Gasteiger partial charge in [0.15, 0.2) is 23.8 Å². The van der Waals surface area contributed by atoms with Gasteiger partial charge in [-0.1, -0.05) is 0 Å². The number of esters is 4. The summed E-state index contributed by atoms with van der Waals surface area (Å²) in [5, 5.41) is 0. The smallest absolute Gasteiger partial charge is 0.349 e. The van der Waals surface area contributed by atoms with Gasteiger partial charge in [-0.05, 0) is 50.2 Å². The maximum atomic E-state index is 13.1. The van der Waals surface area contributed by atoms with Gasteiger partial charge in [-0.2, -0.15) is 0 Å². The highest BCUT2D eigenvalue weighted by Gasteiger charge is 2.31. The lowest BCUT2D eigenvalue weighted by Crippen LogP contribution is -2.28. The van der Waals surface area contributed by atoms with Crippen LogP contribution in [0.25, 0.3) is 0 Å². The Morgan fingerprint density at radius 3 is 1.32 bits per heavy atom. The maximum absolute atomic E-state index is 13.1. The van der Waals surface area contributed by atoms with E-state index in [2.05, 4.69) is 9.47 Å². The molecule has 0 aromatic heterocycles. The minimum atomic E-state index is -1.09. The molecule has 12 heteroatoms. The molecule has 0 spiro atoms. The lowest BCUT2D eigenvalue weighted by Gasteiger charge is -2.21. The van der Waals surface area contributed by atoms with Gasteiger partial charge in [0.1, 0.15) is 11.5 Å². The van der Waals surface area contributed by atoms with Crippen molar-refractivity contribution >= 4 is 35.4 Å². The van der Waals surface area contributed by atoms with Crippen LogP contribution in [0.2, 0.25) is 0 Å². The molecule has 0 aliphatic heterocycles. The average molecular weight is 528 g/mol. The first-order valence-electron chi connectivity index (χ1n) is 11.3. The van der Waals surface area contributed by atoms with E-state index >= 15 is 0 Å². The molecule has 0 heterocycles. The van der Waals surface area contributed by atoms with Gasteiger partial charge in [0.05, 0.1) is 0 Å². The van der Waals surface area contributed by atoms with E-state index in [-0.39, 0.29) is 33.8 Å². The number of fused-ring (bicyclic) bond motifs is 2. The summed E-state index contributed by atoms with van der Waals surface area (Å²) in [6.45, 7) is 4.03. The first-order valence-corrected chi connectivity index (χ1v) is 11.3. The molecule has 1 aliphatic carbocycles. The molecule has 0 saturated heterocycles. The van der Waals surface area contributed by atoms with Gasteiger partial charge in [-0.3, -0.25) is 19.2 Å². The number of hydrogen-bond donors (Lipinski definition) is 0. The standard InChI is InChI=1S/C26H24O12/c1-13(25(31)35-11-33-15(3)27)37-17-5-7-19-21(9-17)23(29)20-8-6-18(10-22(20)24(19)30)38-14(2)26(32)36-12-34-16(4)28/h5-10,13-14H,11-12H2,1-4H3. The van der Waals surface area contributed by atoms with Crippen molar-refractivity contribution in [3.05, 3.63) is 58.7 Å². The molecular formula is C26H24O12. The van der Waals surface area contributed by atoms with Crippen molar-refractivity contribution < 1.29 is 57.2 Å². The van der Waals surface area contributed by atoms with E-state index in [9.17, 15) is 28.8 Å². The van der Waals surface area contributed by atoms with E-state index in [0.717, 1.165) is 13.8 Å². The minimum absolute atomic E-state index is 0.0802. The third-order valence-electron chi connectivity index (χ3n) is 5.18. The number of carbonyl (C=O) groups excluding carboxylic acids is 6. The van der Waals surface area contributed by atoms with Crippen molar-refractivity contribution in [3.63, 3.8) is 0 Å². The third-order valence-corrected chi connectivity index (χ3v) is 5.18. The largest absolute Gasteiger partial charge is 0.479 e. The average Bonchev–Trinajstić information content (AvgIpc) is 2.86. The predicted octanol–water partition coefficient (Wildman–Crippen LogP) is 2.12. The lowest BCUT2D eigenvalue weighted by molar-refractivity contribution is -0.172. The highest BCUT2D eigenvalue weighted by atomic mass is 16.7. The van der Waals surface area contributed by atoms with E-state index < -0.39 is 61.2 Å². The molecule has 2 aromatic carbocycles. The topological polar surface area (TPSA) is 158 Å². The third kappa shape index (κ3) is 6.72. The van der Waals surface area contributed by atoms with Crippen LogP contribution in [0.15, 0.2) is 36.4 Å². The van der Waals surface area contributed by atoms with Gasteiger partial charge in [0, 0.05) is 36.1 Å². The monoisotopic (exact) mass is 528 g/mol. The molecule has 12 nitrogen and oxygen atoms in total. The van der Waals surface area contributed by atoms with Crippen molar-refractivity contribution in [2.24, 2.45) is 0 Å². The maximum Gasteiger partial charge on any atom is 0.349 e. The molecule has 2 atom stereocenters. The van der Waals surface area contributed by atoms with Crippen molar-refractivity contribution in [2.75, 3.05) is 13.6 Å². The van der Waals surface area contributed by atoms with E-state index in [1.807, 2.05) is 0 Å². The summed E-state index contributed by atoms with van der Waals surface area (Å²) in [4.78, 5) is 71.8. The number of ether oxygens (including phenoxy) is 6. The predicted molar refractivity (Wildman–Crippen MR) is 125 cm³/mol. The van der Waals surface area contributed by atoms with Gasteiger partial charge < -0.3 is 28.4 Å². The Morgan fingerprint density at radius 2 is 0.974 bits per heavy atom. The molecule has 3 rings (SSSR count). The molecule has 2 unspecified atom stereocenters. The summed E-state index contributed by atoms with van der Waals surface area (Å²) in [7, 11) is 0. The zero-order chi connectivity index (χ0) is 28.0. The van der Waals surface area contributed by atoms with E-state index in [4.69, 9.17) is 18.9 Å². The number of benzene rings is 2. The van der Waals surface area contributed by atoms with Crippen LogP contribution in [0.1, 0.15) is 59.5 Å². The van der Waals surface area contributed by atoms with Crippen molar-refractivity contribution in [3.8, 4) is 11.5 Å². The van der Waals surface area contributed by atoms with Gasteiger partial charge in [-0.15, -0.1) is 0 Å². The molecule has 1 aliphatic rings. The Bertz CT molecular complexity index is 1200. The fraction of sp³-hybridized carbons (Fsp3) is 0.308. The van der Waals surface area contributed by atoms with Crippen molar-refractivity contribution in [1.29, 1.82) is 0 Å². The Morgan fingerprint density at radius 1 is 0.605 bits per heavy atom. The normalized spacial score (nSPS) is 13.3. The first kappa shape index (κ1) is 27.8. The number of rotatable bonds is 10. The quantitative estimate of drug-likeness (QED) is 0.279. The lowest BCUT2D eigenvalue weighted by atomic mass is 9.84. The van der Waals surface area contributed by atoms with Crippen LogP contribution in [0.5, 0.6) is 11.5 Å². The molecule has 2 aromatic rings. The van der Waals surface area contributed by atoms with Gasteiger partial charge >= 0.3 is 23.9 Å². The summed E-state index contributed by atoms with van der Waals surface area (Å²) in [6, 6.07) is 8.33. The molecule has 0 amide bonds. The van der Waals surface area contributed by atoms with Crippen molar-refractivity contribution in [2.45, 2.75) is 39.9 Å². The second-order valence-electron chi connectivity index (χ2n) is 8.03. The highest BCUT2D eigenvalue weighted by molar-refractivity contribution is 6.28. The van der Waals surface area contributed by atoms with Crippen molar-refractivity contribution in [1.82, 2.24) is 0 Å². The van der Waals surface area contributed by atoms with E-state index in [1.165, 1.54) is 50.2 Å². The molecule has 0 radical (unpaired) electrons. The Balaban J connectivity index is 1.71. The van der Waals surface area contributed by atoms with E-state index in [1.54, 1.807) is 0 Å². The molecule has 200 valence electrons. The van der Waals surface area contributed by atoms with Crippen LogP contribution in [-0.2, 0) is 38.1 Å². The Labute approximate surface area is 216 Å². The van der Waals surface area contributed by atoms with Crippen LogP contribution in [-0.4, -0.2) is 61.2 Å². The molecule has 0 bridgehead atoms. The molecule has 0 fully saturated rings. The number of ketones is 2. The Kier molecular flexibility index (Phi) is 8.79. The summed E-state index contributed by atoms with van der Waals surface area (Å²) in [5.41, 5.74) is 0.394. The summed E-state index contributed by atoms with van der Waals surface area (Å²) < 4.78 is 29.7. The summed E-state index contributed by atoms with van der Waals surface area (Å²) in [6.07, 6.45) is -2.18. The Hall–Kier alpha value is -4.74. The number of hydrogen-bond acceptors (Lipinski definition) is 12. The van der Waals surface area contributed by atoms with Gasteiger partial charge in [0.25, 0.3) is 0 Å².